The summed E-state index contributed by atoms with van der Waals surface area (Å²) in [5, 5.41) is 0. The first kappa shape index (κ1) is 31.5. The molecule has 0 N–H and O–H groups in total. The monoisotopic (exact) mass is 658 g/mol. The lowest BCUT2D eigenvalue weighted by atomic mass is 9.34. The van der Waals surface area contributed by atoms with Crippen LogP contribution in [0.5, 0.6) is 23.1 Å². The normalized spacial score (nSPS) is 19.4. The van der Waals surface area contributed by atoms with Crippen LogP contribution in [0.3, 0.4) is 0 Å². The van der Waals surface area contributed by atoms with Crippen molar-refractivity contribution in [2.45, 2.75) is 103 Å². The van der Waals surface area contributed by atoms with Gasteiger partial charge in [-0.25, -0.2) is 0 Å². The summed E-state index contributed by atoms with van der Waals surface area (Å²) in [6, 6.07) is 32.7. The Morgan fingerprint density at radius 1 is 0.560 bits per heavy atom. The molecule has 2 aliphatic carbocycles. The van der Waals surface area contributed by atoms with Crippen LogP contribution in [-0.2, 0) is 21.7 Å². The van der Waals surface area contributed by atoms with Crippen molar-refractivity contribution < 1.29 is 9.47 Å². The van der Waals surface area contributed by atoms with Crippen molar-refractivity contribution in [2.24, 2.45) is 0 Å². The fraction of sp³-hybridized carbons (Fsp3) is 0.356. The Hall–Kier alpha value is -4.51. The van der Waals surface area contributed by atoms with Gasteiger partial charge >= 0.3 is 0 Å². The lowest BCUT2D eigenvalue weighted by Gasteiger charge is -2.45. The van der Waals surface area contributed by atoms with Crippen LogP contribution in [-0.4, -0.2) is 11.7 Å². The van der Waals surface area contributed by atoms with Crippen LogP contribution in [0.2, 0.25) is 0 Å². The third-order valence-electron chi connectivity index (χ3n) is 12.5. The van der Waals surface area contributed by atoms with Gasteiger partial charge in [0.1, 0.15) is 23.1 Å². The van der Waals surface area contributed by atoms with Crippen molar-refractivity contribution >= 4 is 40.3 Å². The minimum atomic E-state index is -0.0479. The summed E-state index contributed by atoms with van der Waals surface area (Å²) in [4.78, 5) is 7.57. The molecule has 5 aromatic rings. The fourth-order valence-electron chi connectivity index (χ4n) is 9.28. The van der Waals surface area contributed by atoms with E-state index in [9.17, 15) is 0 Å². The van der Waals surface area contributed by atoms with Gasteiger partial charge in [-0.2, -0.15) is 4.98 Å². The second-order valence-electron chi connectivity index (χ2n) is 17.7. The average molecular weight is 659 g/mol. The maximum Gasteiger partial charge on any atom is 0.262 e. The largest absolute Gasteiger partial charge is 0.458 e. The Bertz CT molecular complexity index is 2130. The first-order chi connectivity index (χ1) is 23.8. The predicted molar refractivity (Wildman–Crippen MR) is 207 cm³/mol. The van der Waals surface area contributed by atoms with E-state index in [-0.39, 0.29) is 28.4 Å². The zero-order valence-electron chi connectivity index (χ0n) is 30.8. The zero-order chi connectivity index (χ0) is 34.8. The van der Waals surface area contributed by atoms with E-state index in [2.05, 4.69) is 151 Å². The molecule has 0 radical (unpaired) electrons. The topological polar surface area (TPSA) is 34.6 Å². The maximum atomic E-state index is 7.27. The molecule has 0 fully saturated rings. The van der Waals surface area contributed by atoms with Crippen molar-refractivity contribution in [1.82, 2.24) is 4.98 Å². The third-order valence-corrected chi connectivity index (χ3v) is 12.5. The molecule has 5 heteroatoms. The van der Waals surface area contributed by atoms with E-state index in [1.165, 1.54) is 33.2 Å². The quantitative estimate of drug-likeness (QED) is 0.177. The smallest absolute Gasteiger partial charge is 0.262 e. The Morgan fingerprint density at radius 3 is 1.74 bits per heavy atom. The molecule has 9 rings (SSSR count). The molecule has 0 saturated carbocycles. The Balaban J connectivity index is 1.34. The van der Waals surface area contributed by atoms with E-state index in [0.29, 0.717) is 5.88 Å². The first-order valence-corrected chi connectivity index (χ1v) is 18.4. The highest BCUT2D eigenvalue weighted by Gasteiger charge is 2.48. The number of anilines is 3. The number of benzene rings is 4. The van der Waals surface area contributed by atoms with E-state index in [1.54, 1.807) is 0 Å². The Labute approximate surface area is 298 Å². The van der Waals surface area contributed by atoms with Crippen LogP contribution in [0.15, 0.2) is 91.0 Å². The maximum absolute atomic E-state index is 7.27. The third kappa shape index (κ3) is 4.61. The van der Waals surface area contributed by atoms with Gasteiger partial charge < -0.3 is 9.47 Å². The van der Waals surface area contributed by atoms with Crippen molar-refractivity contribution in [1.29, 1.82) is 0 Å². The predicted octanol–water partition coefficient (Wildman–Crippen LogP) is 9.98. The zero-order valence-corrected chi connectivity index (χ0v) is 30.8. The molecule has 0 unspecified atom stereocenters. The molecule has 4 aromatic carbocycles. The van der Waals surface area contributed by atoms with Crippen LogP contribution in [0.1, 0.15) is 103 Å². The number of pyridine rings is 1. The van der Waals surface area contributed by atoms with Crippen molar-refractivity contribution in [3.05, 3.63) is 113 Å². The highest BCUT2D eigenvalue weighted by atomic mass is 16.5. The summed E-state index contributed by atoms with van der Waals surface area (Å²) in [6.45, 7) is 19.1. The fourth-order valence-corrected chi connectivity index (χ4v) is 9.28. The Morgan fingerprint density at radius 2 is 1.12 bits per heavy atom. The van der Waals surface area contributed by atoms with Gasteiger partial charge in [0.15, 0.2) is 0 Å². The summed E-state index contributed by atoms with van der Waals surface area (Å²) >= 11 is 0. The van der Waals surface area contributed by atoms with E-state index in [1.807, 2.05) is 0 Å². The summed E-state index contributed by atoms with van der Waals surface area (Å²) in [7, 11) is 0. The number of para-hydroxylation sites is 2. The first-order valence-electron chi connectivity index (χ1n) is 18.4. The van der Waals surface area contributed by atoms with Gasteiger partial charge in [0.05, 0.1) is 0 Å². The van der Waals surface area contributed by atoms with Gasteiger partial charge in [0.25, 0.3) is 6.71 Å². The average Bonchev–Trinajstić information content (AvgIpc) is 3.09. The molecule has 0 atom stereocenters. The standard InChI is InChI=1S/C45H47BN2O2/c1-42(2)23-24-45(7,8)38-30(42)19-20-33-40(38)49-36-27-37(48(28-15-11-9-12-16-28)29-17-13-10-14-18-29)47-41-39(36)46(33)34-25-31-32(26-35(34)50-41)44(5,6)22-21-43(31,3)4/h9-20,25-27H,21-24H2,1-8H3. The van der Waals surface area contributed by atoms with Gasteiger partial charge in [-0.15, -0.1) is 0 Å². The van der Waals surface area contributed by atoms with Gasteiger partial charge in [0.2, 0.25) is 5.88 Å². The summed E-state index contributed by atoms with van der Waals surface area (Å²) in [5.41, 5.74) is 11.3. The van der Waals surface area contributed by atoms with Crippen LogP contribution < -0.4 is 30.8 Å². The summed E-state index contributed by atoms with van der Waals surface area (Å²) in [6.07, 6.45) is 4.58. The molecule has 1 aromatic heterocycles. The number of nitrogens with zero attached hydrogens (tertiary/aromatic N) is 2. The molecular formula is C45H47BN2O2. The van der Waals surface area contributed by atoms with E-state index < -0.39 is 0 Å². The molecule has 50 heavy (non-hydrogen) atoms. The molecular weight excluding hydrogens is 611 g/mol. The van der Waals surface area contributed by atoms with Crippen molar-refractivity contribution in [3.63, 3.8) is 0 Å². The number of fused-ring (bicyclic) bond motifs is 7. The van der Waals surface area contributed by atoms with Crippen molar-refractivity contribution in [2.75, 3.05) is 4.90 Å². The minimum Gasteiger partial charge on any atom is -0.458 e. The SMILES string of the molecule is CC1(C)CCC(C)(C)c2cc3c(cc21)Oc1nc(N(c2ccccc2)c2ccccc2)cc2c1B3c1ccc3c(c1O2)C(C)(C)CCC3(C)C. The Kier molecular flexibility index (Phi) is 6.62. The number of rotatable bonds is 3. The van der Waals surface area contributed by atoms with Crippen LogP contribution >= 0.6 is 0 Å². The highest BCUT2D eigenvalue weighted by Crippen LogP contribution is 2.52. The number of ether oxygens (including phenoxy) is 2. The summed E-state index contributed by atoms with van der Waals surface area (Å²) < 4.78 is 14.3. The minimum absolute atomic E-state index is 0.0254. The van der Waals surface area contributed by atoms with Gasteiger partial charge in [0, 0.05) is 28.5 Å². The molecule has 0 amide bonds. The second kappa shape index (κ2) is 10.5. The lowest BCUT2D eigenvalue weighted by Crippen LogP contribution is -2.59. The number of aromatic nitrogens is 1. The van der Waals surface area contributed by atoms with Crippen LogP contribution in [0.25, 0.3) is 0 Å². The lowest BCUT2D eigenvalue weighted by molar-refractivity contribution is 0.320. The van der Waals surface area contributed by atoms with E-state index in [4.69, 9.17) is 14.5 Å². The molecule has 0 saturated heterocycles. The molecule has 4 aliphatic rings. The van der Waals surface area contributed by atoms with Crippen LogP contribution in [0, 0.1) is 0 Å². The molecule has 4 nitrogen and oxygen atoms in total. The van der Waals surface area contributed by atoms with Gasteiger partial charge in [-0.05, 0) is 105 Å². The number of hydrogen-bond donors (Lipinski definition) is 0. The molecule has 0 spiro atoms. The second-order valence-corrected chi connectivity index (χ2v) is 17.7. The molecule has 2 aliphatic heterocycles. The number of hydrogen-bond acceptors (Lipinski definition) is 4. The molecule has 0 bridgehead atoms. The van der Waals surface area contributed by atoms with Crippen LogP contribution in [0.4, 0.5) is 17.2 Å². The van der Waals surface area contributed by atoms with Gasteiger partial charge in [-0.3, -0.25) is 4.90 Å². The van der Waals surface area contributed by atoms with Gasteiger partial charge in [-0.1, -0.05) is 110 Å². The van der Waals surface area contributed by atoms with E-state index >= 15 is 0 Å². The molecule has 252 valence electrons. The van der Waals surface area contributed by atoms with Crippen molar-refractivity contribution in [3.8, 4) is 23.1 Å². The van der Waals surface area contributed by atoms with E-state index in [0.717, 1.165) is 65.6 Å². The summed E-state index contributed by atoms with van der Waals surface area (Å²) in [5.74, 6) is 4.17. The molecule has 3 heterocycles. The highest BCUT2D eigenvalue weighted by molar-refractivity contribution is 6.98.